The van der Waals surface area contributed by atoms with Gasteiger partial charge in [0.15, 0.2) is 5.13 Å². The Labute approximate surface area is 199 Å². The first-order chi connectivity index (χ1) is 16.3. The number of fused-ring (bicyclic) bond motifs is 1. The number of carbonyl (C=O) groups is 2. The smallest absolute Gasteiger partial charge is 0.302 e. The normalized spacial score (nSPS) is 17.6. The van der Waals surface area contributed by atoms with Crippen LogP contribution in [0.15, 0.2) is 58.5 Å². The topological polar surface area (TPSA) is 92.9 Å². The van der Waals surface area contributed by atoms with E-state index in [0.717, 1.165) is 21.3 Å². The Hall–Kier alpha value is -3.91. The van der Waals surface area contributed by atoms with Gasteiger partial charge in [-0.05, 0) is 74.4 Å². The summed E-state index contributed by atoms with van der Waals surface area (Å²) in [4.78, 5) is 32.5. The highest BCUT2D eigenvalue weighted by Gasteiger charge is 2.49. The lowest BCUT2D eigenvalue weighted by Gasteiger charge is -2.20. The lowest BCUT2D eigenvalue weighted by molar-refractivity contribution is -0.132. The van der Waals surface area contributed by atoms with Gasteiger partial charge < -0.3 is 14.3 Å². The Balaban J connectivity index is 1.71. The first kappa shape index (κ1) is 21.9. The molecule has 0 spiro atoms. The zero-order valence-electron chi connectivity index (χ0n) is 19.1. The number of methoxy groups -OCH3 is 1. The summed E-state index contributed by atoms with van der Waals surface area (Å²) in [6.45, 7) is 5.60. The largest absolute Gasteiger partial charge is 0.507 e. The third kappa shape index (κ3) is 3.47. The van der Waals surface area contributed by atoms with Gasteiger partial charge in [-0.15, -0.1) is 0 Å². The van der Waals surface area contributed by atoms with E-state index in [2.05, 4.69) is 4.98 Å². The van der Waals surface area contributed by atoms with Crippen molar-refractivity contribution in [3.63, 3.8) is 0 Å². The predicted octanol–water partition coefficient (Wildman–Crippen LogP) is 5.45. The molecule has 0 unspecified atom stereocenters. The van der Waals surface area contributed by atoms with Crippen LogP contribution in [0.4, 0.5) is 5.13 Å². The molecule has 34 heavy (non-hydrogen) atoms. The van der Waals surface area contributed by atoms with Gasteiger partial charge in [0.25, 0.3) is 5.78 Å². The summed E-state index contributed by atoms with van der Waals surface area (Å²) < 4.78 is 12.1. The number of aliphatic hydroxyl groups excluding tert-OH is 1. The second-order valence-electron chi connectivity index (χ2n) is 8.27. The number of hydrogen-bond donors (Lipinski definition) is 1. The van der Waals surface area contributed by atoms with Crippen LogP contribution in [0.3, 0.4) is 0 Å². The van der Waals surface area contributed by atoms with E-state index in [9.17, 15) is 14.7 Å². The van der Waals surface area contributed by atoms with Gasteiger partial charge in [0, 0.05) is 5.56 Å². The van der Waals surface area contributed by atoms with Crippen LogP contribution in [0.1, 0.15) is 34.3 Å². The number of ketones is 1. The summed E-state index contributed by atoms with van der Waals surface area (Å²) in [5, 5.41) is 11.6. The van der Waals surface area contributed by atoms with Gasteiger partial charge in [-0.3, -0.25) is 14.5 Å². The van der Waals surface area contributed by atoms with Crippen molar-refractivity contribution in [2.45, 2.75) is 26.8 Å². The number of Topliss-reactive ketones (excluding diaryl/α,β-unsaturated/α-hetero) is 1. The molecule has 1 amide bonds. The molecule has 2 aromatic heterocycles. The van der Waals surface area contributed by atoms with E-state index in [-0.39, 0.29) is 11.3 Å². The Kier molecular flexibility index (Phi) is 5.25. The van der Waals surface area contributed by atoms with E-state index >= 15 is 0 Å². The number of aliphatic hydroxyl groups is 1. The van der Waals surface area contributed by atoms with E-state index < -0.39 is 17.7 Å². The summed E-state index contributed by atoms with van der Waals surface area (Å²) >= 11 is 1.32. The minimum absolute atomic E-state index is 0.0423. The summed E-state index contributed by atoms with van der Waals surface area (Å²) in [6, 6.07) is 13.4. The fourth-order valence-corrected chi connectivity index (χ4v) is 5.29. The fraction of sp³-hybridized carbons (Fsp3) is 0.192. The SMILES string of the molecule is COc1ccc(/C(O)=C2\C(=O)C(=O)N(c3nc4ccc(C)cc4s3)[C@H]2c2ccc(C)o2)cc1C. The molecule has 7 nitrogen and oxygen atoms in total. The molecule has 0 saturated carbocycles. The number of ether oxygens (including phenoxy) is 1. The molecule has 0 aliphatic carbocycles. The van der Waals surface area contributed by atoms with E-state index in [0.29, 0.717) is 28.0 Å². The Bertz CT molecular complexity index is 1500. The minimum Gasteiger partial charge on any atom is -0.507 e. The molecule has 0 radical (unpaired) electrons. The van der Waals surface area contributed by atoms with Crippen LogP contribution >= 0.6 is 11.3 Å². The molecule has 0 bridgehead atoms. The maximum Gasteiger partial charge on any atom is 0.302 e. The number of rotatable bonds is 4. The molecule has 1 aliphatic heterocycles. The molecule has 3 heterocycles. The first-order valence-corrected chi connectivity index (χ1v) is 11.5. The van der Waals surface area contributed by atoms with Crippen molar-refractivity contribution in [2.24, 2.45) is 0 Å². The number of thiazole rings is 1. The molecule has 1 aliphatic rings. The highest BCUT2D eigenvalue weighted by Crippen LogP contribution is 2.45. The third-order valence-corrected chi connectivity index (χ3v) is 6.90. The summed E-state index contributed by atoms with van der Waals surface area (Å²) in [5.41, 5.74) is 2.95. The molecule has 2 aromatic carbocycles. The highest BCUT2D eigenvalue weighted by molar-refractivity contribution is 7.22. The lowest BCUT2D eigenvalue weighted by Crippen LogP contribution is -2.29. The van der Waals surface area contributed by atoms with Gasteiger partial charge in [-0.2, -0.15) is 0 Å². The summed E-state index contributed by atoms with van der Waals surface area (Å²) in [5.74, 6) is -0.176. The highest BCUT2D eigenvalue weighted by atomic mass is 32.1. The predicted molar refractivity (Wildman–Crippen MR) is 130 cm³/mol. The third-order valence-electron chi connectivity index (χ3n) is 5.88. The molecule has 172 valence electrons. The van der Waals surface area contributed by atoms with Gasteiger partial charge in [0.1, 0.15) is 29.1 Å². The van der Waals surface area contributed by atoms with Crippen LogP contribution in [0.2, 0.25) is 0 Å². The van der Waals surface area contributed by atoms with Crippen LogP contribution in [0, 0.1) is 20.8 Å². The fourth-order valence-electron chi connectivity index (χ4n) is 4.20. The Morgan fingerprint density at radius 3 is 2.56 bits per heavy atom. The number of hydrogen-bond acceptors (Lipinski definition) is 7. The lowest BCUT2D eigenvalue weighted by atomic mass is 9.98. The quantitative estimate of drug-likeness (QED) is 0.240. The second kappa shape index (κ2) is 8.14. The van der Waals surface area contributed by atoms with Gasteiger partial charge in [-0.25, -0.2) is 4.98 Å². The number of furan rings is 1. The minimum atomic E-state index is -0.947. The first-order valence-electron chi connectivity index (χ1n) is 10.7. The van der Waals surface area contributed by atoms with Crippen LogP contribution in [-0.4, -0.2) is 28.9 Å². The van der Waals surface area contributed by atoms with Gasteiger partial charge in [0.05, 0.1) is 22.9 Å². The van der Waals surface area contributed by atoms with E-state index in [4.69, 9.17) is 9.15 Å². The zero-order chi connectivity index (χ0) is 24.1. The number of aromatic nitrogens is 1. The number of benzene rings is 2. The molecule has 1 saturated heterocycles. The zero-order valence-corrected chi connectivity index (χ0v) is 19.9. The van der Waals surface area contributed by atoms with Crippen molar-refractivity contribution in [1.29, 1.82) is 0 Å². The maximum atomic E-state index is 13.3. The van der Waals surface area contributed by atoms with Crippen LogP contribution < -0.4 is 9.64 Å². The molecule has 5 rings (SSSR count). The standard InChI is InChI=1S/C26H22N2O5S/c1-13-5-8-17-20(11-13)34-26(27-17)28-22(19-9-6-15(3)33-19)21(24(30)25(28)31)23(29)16-7-10-18(32-4)14(2)12-16/h5-12,22,29H,1-4H3/b23-21+/t22-/m0/s1. The number of carbonyl (C=O) groups excluding carboxylic acids is 2. The number of aryl methyl sites for hydroxylation is 3. The number of anilines is 1. The molecular formula is C26H22N2O5S. The van der Waals surface area contributed by atoms with Crippen molar-refractivity contribution >= 4 is 44.1 Å². The maximum absolute atomic E-state index is 13.3. The van der Waals surface area contributed by atoms with Crippen molar-refractivity contribution in [2.75, 3.05) is 12.0 Å². The van der Waals surface area contributed by atoms with Gasteiger partial charge >= 0.3 is 5.91 Å². The molecule has 4 aromatic rings. The van der Waals surface area contributed by atoms with Crippen molar-refractivity contribution in [3.8, 4) is 5.75 Å². The van der Waals surface area contributed by atoms with Crippen molar-refractivity contribution < 1.29 is 23.8 Å². The van der Waals surface area contributed by atoms with E-state index in [1.165, 1.54) is 16.2 Å². The van der Waals surface area contributed by atoms with Crippen molar-refractivity contribution in [1.82, 2.24) is 4.98 Å². The average Bonchev–Trinajstić information content (AvgIpc) is 3.49. The number of amides is 1. The van der Waals surface area contributed by atoms with E-state index in [1.54, 1.807) is 44.4 Å². The molecule has 1 fully saturated rings. The average molecular weight is 475 g/mol. The Morgan fingerprint density at radius 2 is 1.88 bits per heavy atom. The molecule has 1 atom stereocenters. The monoisotopic (exact) mass is 474 g/mol. The van der Waals surface area contributed by atoms with Crippen LogP contribution in [0.5, 0.6) is 5.75 Å². The molecule has 8 heteroatoms. The molecule has 1 N–H and O–H groups in total. The van der Waals surface area contributed by atoms with E-state index in [1.807, 2.05) is 32.0 Å². The second-order valence-corrected chi connectivity index (χ2v) is 9.28. The van der Waals surface area contributed by atoms with Gasteiger partial charge in [-0.1, -0.05) is 17.4 Å². The Morgan fingerprint density at radius 1 is 1.09 bits per heavy atom. The summed E-state index contributed by atoms with van der Waals surface area (Å²) in [6.07, 6.45) is 0. The van der Waals surface area contributed by atoms with Crippen LogP contribution in [-0.2, 0) is 9.59 Å². The van der Waals surface area contributed by atoms with Gasteiger partial charge in [0.2, 0.25) is 0 Å². The van der Waals surface area contributed by atoms with Crippen molar-refractivity contribution in [3.05, 3.63) is 82.3 Å². The number of nitrogens with zero attached hydrogens (tertiary/aromatic N) is 2. The summed E-state index contributed by atoms with van der Waals surface area (Å²) in [7, 11) is 1.56. The molecular weight excluding hydrogens is 452 g/mol. The van der Waals surface area contributed by atoms with Crippen LogP contribution in [0.25, 0.3) is 16.0 Å².